The smallest absolute Gasteiger partial charge is 0.123 e. The maximum absolute atomic E-state index is 13.0. The van der Waals surface area contributed by atoms with Crippen molar-refractivity contribution >= 4 is 0 Å². The van der Waals surface area contributed by atoms with Crippen LogP contribution in [0.4, 0.5) is 4.39 Å². The molecule has 0 fully saturated rings. The van der Waals surface area contributed by atoms with E-state index in [0.717, 1.165) is 22.5 Å². The number of halogens is 1. The number of aryl methyl sites for hydroxylation is 2. The van der Waals surface area contributed by atoms with Crippen molar-refractivity contribution in [3.63, 3.8) is 0 Å². The molecule has 1 heterocycles. The van der Waals surface area contributed by atoms with Gasteiger partial charge in [-0.3, -0.25) is 11.3 Å². The van der Waals surface area contributed by atoms with E-state index >= 15 is 0 Å². The normalized spacial score (nSPS) is 12.7. The zero-order valence-electron chi connectivity index (χ0n) is 10.5. The monoisotopic (exact) mass is 248 g/mol. The van der Waals surface area contributed by atoms with E-state index in [0.29, 0.717) is 6.42 Å². The molecule has 0 aliphatic heterocycles. The highest BCUT2D eigenvalue weighted by molar-refractivity contribution is 5.30. The molecule has 2 rings (SSSR count). The van der Waals surface area contributed by atoms with Gasteiger partial charge in [0.15, 0.2) is 0 Å². The van der Waals surface area contributed by atoms with Gasteiger partial charge in [-0.15, -0.1) is 0 Å². The fourth-order valence-corrected chi connectivity index (χ4v) is 2.12. The third-order valence-electron chi connectivity index (χ3n) is 3.20. The van der Waals surface area contributed by atoms with E-state index in [2.05, 4.69) is 5.43 Å². The Morgan fingerprint density at radius 2 is 2.11 bits per heavy atom. The van der Waals surface area contributed by atoms with Crippen LogP contribution in [0.25, 0.3) is 0 Å². The Balaban J connectivity index is 2.23. The molecule has 0 saturated heterocycles. The van der Waals surface area contributed by atoms with Crippen molar-refractivity contribution in [1.82, 2.24) is 5.43 Å². The Kier molecular flexibility index (Phi) is 3.79. The fraction of sp³-hybridized carbons (Fsp3) is 0.286. The molecule has 3 N–H and O–H groups in total. The lowest BCUT2D eigenvalue weighted by Crippen LogP contribution is -2.29. The molecule has 1 aromatic heterocycles. The molecule has 0 saturated carbocycles. The second-order valence-electron chi connectivity index (χ2n) is 4.43. The molecule has 96 valence electrons. The first-order valence-electron chi connectivity index (χ1n) is 5.87. The second kappa shape index (κ2) is 5.33. The summed E-state index contributed by atoms with van der Waals surface area (Å²) < 4.78 is 18.3. The summed E-state index contributed by atoms with van der Waals surface area (Å²) in [6.45, 7) is 3.80. The van der Waals surface area contributed by atoms with Gasteiger partial charge in [-0.2, -0.15) is 0 Å². The van der Waals surface area contributed by atoms with Gasteiger partial charge >= 0.3 is 0 Å². The molecule has 3 nitrogen and oxygen atoms in total. The van der Waals surface area contributed by atoms with Gasteiger partial charge in [0.2, 0.25) is 0 Å². The van der Waals surface area contributed by atoms with Crippen LogP contribution in [0.2, 0.25) is 0 Å². The predicted octanol–water partition coefficient (Wildman–Crippen LogP) is 2.78. The van der Waals surface area contributed by atoms with Gasteiger partial charge in [0.25, 0.3) is 0 Å². The molecule has 18 heavy (non-hydrogen) atoms. The lowest BCUT2D eigenvalue weighted by atomic mass is 9.97. The van der Waals surface area contributed by atoms with Crippen LogP contribution < -0.4 is 11.3 Å². The molecule has 0 aliphatic carbocycles. The van der Waals surface area contributed by atoms with Crippen LogP contribution in [-0.4, -0.2) is 0 Å². The van der Waals surface area contributed by atoms with Crippen molar-refractivity contribution in [2.45, 2.75) is 26.3 Å². The Labute approximate surface area is 106 Å². The number of rotatable bonds is 4. The molecular weight excluding hydrogens is 231 g/mol. The number of benzene rings is 1. The van der Waals surface area contributed by atoms with E-state index in [1.54, 1.807) is 12.3 Å². The highest BCUT2D eigenvalue weighted by Gasteiger charge is 2.16. The maximum atomic E-state index is 13.0. The van der Waals surface area contributed by atoms with E-state index in [9.17, 15) is 4.39 Å². The molecule has 0 spiro atoms. The maximum Gasteiger partial charge on any atom is 0.123 e. The number of furan rings is 1. The van der Waals surface area contributed by atoms with Crippen molar-refractivity contribution in [2.75, 3.05) is 0 Å². The first kappa shape index (κ1) is 12.8. The number of hydrazine groups is 1. The Bertz CT molecular complexity index is 536. The van der Waals surface area contributed by atoms with E-state index in [1.165, 1.54) is 12.1 Å². The average Bonchev–Trinajstić information content (AvgIpc) is 2.75. The Hall–Kier alpha value is -1.65. The number of nitrogens with one attached hydrogen (secondary N) is 1. The molecule has 4 heteroatoms. The zero-order chi connectivity index (χ0) is 13.1. The Morgan fingerprint density at radius 3 is 2.67 bits per heavy atom. The third-order valence-corrected chi connectivity index (χ3v) is 3.20. The van der Waals surface area contributed by atoms with E-state index in [-0.39, 0.29) is 11.9 Å². The molecule has 0 aliphatic rings. The van der Waals surface area contributed by atoms with Crippen LogP contribution in [-0.2, 0) is 6.42 Å². The predicted molar refractivity (Wildman–Crippen MR) is 68.4 cm³/mol. The number of hydrogen-bond donors (Lipinski definition) is 2. The topological polar surface area (TPSA) is 51.2 Å². The van der Waals surface area contributed by atoms with Gasteiger partial charge in [0.1, 0.15) is 11.6 Å². The molecule has 0 amide bonds. The summed E-state index contributed by atoms with van der Waals surface area (Å²) in [5.41, 5.74) is 5.81. The van der Waals surface area contributed by atoms with Gasteiger partial charge in [0.05, 0.1) is 12.3 Å². The highest BCUT2D eigenvalue weighted by atomic mass is 19.1. The standard InChI is InChI=1S/C14H17FN2O/c1-9-7-12(15)4-3-11(9)8-14(17-16)13-5-6-18-10(13)2/h3-7,14,17H,8,16H2,1-2H3. The lowest BCUT2D eigenvalue weighted by molar-refractivity contribution is 0.501. The summed E-state index contributed by atoms with van der Waals surface area (Å²) in [5.74, 6) is 6.23. The van der Waals surface area contributed by atoms with Crippen LogP contribution >= 0.6 is 0 Å². The summed E-state index contributed by atoms with van der Waals surface area (Å²) >= 11 is 0. The van der Waals surface area contributed by atoms with Gasteiger partial charge in [-0.25, -0.2) is 4.39 Å². The Morgan fingerprint density at radius 1 is 1.33 bits per heavy atom. The first-order chi connectivity index (χ1) is 8.61. The van der Waals surface area contributed by atoms with Gasteiger partial charge in [-0.05, 0) is 49.6 Å². The largest absolute Gasteiger partial charge is 0.469 e. The average molecular weight is 248 g/mol. The SMILES string of the molecule is Cc1cc(F)ccc1CC(NN)c1ccoc1C. The van der Waals surface area contributed by atoms with E-state index in [4.69, 9.17) is 10.3 Å². The summed E-state index contributed by atoms with van der Waals surface area (Å²) in [5, 5.41) is 0. The number of hydrogen-bond acceptors (Lipinski definition) is 3. The minimum absolute atomic E-state index is 0.0343. The minimum Gasteiger partial charge on any atom is -0.469 e. The van der Waals surface area contributed by atoms with E-state index < -0.39 is 0 Å². The second-order valence-corrected chi connectivity index (χ2v) is 4.43. The van der Waals surface area contributed by atoms with Gasteiger partial charge in [-0.1, -0.05) is 6.07 Å². The van der Waals surface area contributed by atoms with Crippen LogP contribution in [0.3, 0.4) is 0 Å². The minimum atomic E-state index is -0.215. The molecule has 1 unspecified atom stereocenters. The summed E-state index contributed by atoms with van der Waals surface area (Å²) in [6.07, 6.45) is 2.34. The quantitative estimate of drug-likeness (QED) is 0.646. The van der Waals surface area contributed by atoms with Crippen molar-refractivity contribution < 1.29 is 8.81 Å². The van der Waals surface area contributed by atoms with E-state index in [1.807, 2.05) is 19.9 Å². The lowest BCUT2D eigenvalue weighted by Gasteiger charge is -2.16. The van der Waals surface area contributed by atoms with Crippen molar-refractivity contribution in [2.24, 2.45) is 5.84 Å². The molecule has 0 bridgehead atoms. The summed E-state index contributed by atoms with van der Waals surface area (Å²) in [7, 11) is 0. The van der Waals surface area contributed by atoms with Crippen molar-refractivity contribution in [3.05, 3.63) is 58.8 Å². The molecule has 1 aromatic carbocycles. The van der Waals surface area contributed by atoms with Crippen LogP contribution in [0, 0.1) is 19.7 Å². The first-order valence-corrected chi connectivity index (χ1v) is 5.87. The van der Waals surface area contributed by atoms with Gasteiger partial charge in [0, 0.05) is 5.56 Å². The summed E-state index contributed by atoms with van der Waals surface area (Å²) in [4.78, 5) is 0. The summed E-state index contributed by atoms with van der Waals surface area (Å²) in [6, 6.07) is 6.67. The van der Waals surface area contributed by atoms with Crippen molar-refractivity contribution in [3.8, 4) is 0 Å². The zero-order valence-corrected chi connectivity index (χ0v) is 10.5. The van der Waals surface area contributed by atoms with Crippen LogP contribution in [0.1, 0.15) is 28.5 Å². The molecule has 0 radical (unpaired) electrons. The van der Waals surface area contributed by atoms with Crippen molar-refractivity contribution in [1.29, 1.82) is 0 Å². The molecule has 1 atom stereocenters. The van der Waals surface area contributed by atoms with Gasteiger partial charge < -0.3 is 4.42 Å². The van der Waals surface area contributed by atoms with Crippen LogP contribution in [0.5, 0.6) is 0 Å². The van der Waals surface area contributed by atoms with Crippen LogP contribution in [0.15, 0.2) is 34.9 Å². The third kappa shape index (κ3) is 2.60. The number of nitrogens with two attached hydrogens (primary N) is 1. The molecule has 2 aromatic rings. The molecular formula is C14H17FN2O. The fourth-order valence-electron chi connectivity index (χ4n) is 2.12. The highest BCUT2D eigenvalue weighted by Crippen LogP contribution is 2.23.